The van der Waals surface area contributed by atoms with Crippen LogP contribution >= 0.6 is 0 Å². The van der Waals surface area contributed by atoms with E-state index in [-0.39, 0.29) is 0 Å². The highest BCUT2D eigenvalue weighted by atomic mass is 15.1. The number of aromatic amines is 1. The Morgan fingerprint density at radius 3 is 2.76 bits per heavy atom. The molecule has 1 atom stereocenters. The lowest BCUT2D eigenvalue weighted by Gasteiger charge is -2.13. The third kappa shape index (κ3) is 2.75. The molecule has 2 heterocycles. The van der Waals surface area contributed by atoms with E-state index in [0.29, 0.717) is 11.8 Å². The van der Waals surface area contributed by atoms with Gasteiger partial charge in [0.25, 0.3) is 0 Å². The van der Waals surface area contributed by atoms with Gasteiger partial charge in [0.2, 0.25) is 0 Å². The number of hydrogen-bond donors (Lipinski definition) is 1. The summed E-state index contributed by atoms with van der Waals surface area (Å²) in [5, 5.41) is 6.85. The Bertz CT molecular complexity index is 442. The van der Waals surface area contributed by atoms with E-state index in [1.54, 1.807) is 0 Å². The van der Waals surface area contributed by atoms with E-state index in [2.05, 4.69) is 40.5 Å². The normalized spacial score (nSPS) is 13.2. The first-order valence-corrected chi connectivity index (χ1v) is 6.17. The number of H-pyrrole nitrogens is 1. The topological polar surface area (TPSA) is 46.5 Å². The van der Waals surface area contributed by atoms with Crippen molar-refractivity contribution >= 4 is 0 Å². The molecule has 4 heteroatoms. The fourth-order valence-corrected chi connectivity index (χ4v) is 2.03. The van der Waals surface area contributed by atoms with Gasteiger partial charge in [0, 0.05) is 24.6 Å². The standard InChI is InChI=1S/C13H20N4/c1-10(2)13-8-14-9-17(13)5-4-11(3)12-6-15-16-7-12/h6-11H,4-5H2,1-3H3,(H,15,16). The fourth-order valence-electron chi connectivity index (χ4n) is 2.03. The molecule has 0 aliphatic carbocycles. The van der Waals surface area contributed by atoms with Crippen LogP contribution in [0.25, 0.3) is 0 Å². The molecular weight excluding hydrogens is 212 g/mol. The molecule has 0 bridgehead atoms. The molecule has 17 heavy (non-hydrogen) atoms. The average Bonchev–Trinajstić information content (AvgIpc) is 2.96. The van der Waals surface area contributed by atoms with Crippen molar-refractivity contribution in [2.75, 3.05) is 0 Å². The molecule has 0 fully saturated rings. The van der Waals surface area contributed by atoms with Crippen molar-refractivity contribution in [3.05, 3.63) is 36.2 Å². The Morgan fingerprint density at radius 1 is 1.29 bits per heavy atom. The number of nitrogens with zero attached hydrogens (tertiary/aromatic N) is 3. The number of rotatable bonds is 5. The minimum atomic E-state index is 0.524. The van der Waals surface area contributed by atoms with Crippen LogP contribution in [0.3, 0.4) is 0 Å². The van der Waals surface area contributed by atoms with Crippen LogP contribution in [0.1, 0.15) is 50.3 Å². The van der Waals surface area contributed by atoms with Crippen LogP contribution in [-0.4, -0.2) is 19.7 Å². The number of nitrogens with one attached hydrogen (secondary N) is 1. The molecule has 0 amide bonds. The monoisotopic (exact) mass is 232 g/mol. The second-order valence-electron chi connectivity index (χ2n) is 4.89. The molecule has 1 unspecified atom stereocenters. The summed E-state index contributed by atoms with van der Waals surface area (Å²) in [6.07, 6.45) is 8.88. The zero-order valence-corrected chi connectivity index (χ0v) is 10.7. The minimum Gasteiger partial charge on any atom is -0.334 e. The van der Waals surface area contributed by atoms with Gasteiger partial charge in [0.1, 0.15) is 0 Å². The summed E-state index contributed by atoms with van der Waals surface area (Å²) in [5.41, 5.74) is 2.58. The van der Waals surface area contributed by atoms with Crippen LogP contribution in [0.4, 0.5) is 0 Å². The lowest BCUT2D eigenvalue weighted by Crippen LogP contribution is -2.06. The predicted octanol–water partition coefficient (Wildman–Crippen LogP) is 2.92. The summed E-state index contributed by atoms with van der Waals surface area (Å²) in [4.78, 5) is 4.23. The van der Waals surface area contributed by atoms with Crippen molar-refractivity contribution < 1.29 is 0 Å². The average molecular weight is 232 g/mol. The van der Waals surface area contributed by atoms with Gasteiger partial charge < -0.3 is 4.57 Å². The first kappa shape index (κ1) is 11.9. The number of aromatic nitrogens is 4. The van der Waals surface area contributed by atoms with E-state index in [9.17, 15) is 0 Å². The van der Waals surface area contributed by atoms with Crippen LogP contribution in [0.5, 0.6) is 0 Å². The van der Waals surface area contributed by atoms with Gasteiger partial charge in [-0.05, 0) is 23.8 Å². The molecule has 2 aromatic heterocycles. The Hall–Kier alpha value is -1.58. The third-order valence-electron chi connectivity index (χ3n) is 3.23. The van der Waals surface area contributed by atoms with Gasteiger partial charge in [-0.2, -0.15) is 5.10 Å². The van der Waals surface area contributed by atoms with Gasteiger partial charge >= 0.3 is 0 Å². The van der Waals surface area contributed by atoms with Crippen molar-refractivity contribution in [3.8, 4) is 0 Å². The van der Waals surface area contributed by atoms with Gasteiger partial charge in [0.15, 0.2) is 0 Å². The van der Waals surface area contributed by atoms with Gasteiger partial charge in [-0.15, -0.1) is 0 Å². The molecule has 2 aromatic rings. The first-order chi connectivity index (χ1) is 8.18. The molecule has 92 valence electrons. The van der Waals surface area contributed by atoms with Crippen LogP contribution in [-0.2, 0) is 6.54 Å². The van der Waals surface area contributed by atoms with Crippen molar-refractivity contribution in [2.45, 2.75) is 45.6 Å². The summed E-state index contributed by atoms with van der Waals surface area (Å²) in [6.45, 7) is 7.65. The summed E-state index contributed by atoms with van der Waals surface area (Å²) >= 11 is 0. The second-order valence-corrected chi connectivity index (χ2v) is 4.89. The molecule has 0 aliphatic heterocycles. The summed E-state index contributed by atoms with van der Waals surface area (Å²) in [5.74, 6) is 1.05. The minimum absolute atomic E-state index is 0.524. The number of hydrogen-bond acceptors (Lipinski definition) is 2. The molecule has 2 rings (SSSR count). The van der Waals surface area contributed by atoms with Crippen LogP contribution in [0, 0.1) is 0 Å². The van der Waals surface area contributed by atoms with Gasteiger partial charge in [-0.25, -0.2) is 4.98 Å². The largest absolute Gasteiger partial charge is 0.334 e. The molecule has 0 spiro atoms. The van der Waals surface area contributed by atoms with Gasteiger partial charge in [0.05, 0.1) is 12.5 Å². The quantitative estimate of drug-likeness (QED) is 0.861. The molecular formula is C13H20N4. The molecule has 0 saturated carbocycles. The lowest BCUT2D eigenvalue weighted by molar-refractivity contribution is 0.551. The van der Waals surface area contributed by atoms with Crippen LogP contribution in [0.2, 0.25) is 0 Å². The molecule has 0 radical (unpaired) electrons. The number of imidazole rings is 1. The highest BCUT2D eigenvalue weighted by Crippen LogP contribution is 2.20. The Balaban J connectivity index is 1.96. The maximum absolute atomic E-state index is 4.23. The Labute approximate surface area is 102 Å². The maximum atomic E-state index is 4.23. The molecule has 1 N–H and O–H groups in total. The summed E-state index contributed by atoms with van der Waals surface area (Å²) in [6, 6.07) is 0. The van der Waals surface area contributed by atoms with Gasteiger partial charge in [-0.1, -0.05) is 20.8 Å². The first-order valence-electron chi connectivity index (χ1n) is 6.17. The second kappa shape index (κ2) is 5.17. The summed E-state index contributed by atoms with van der Waals surface area (Å²) in [7, 11) is 0. The highest BCUT2D eigenvalue weighted by molar-refractivity contribution is 5.09. The smallest absolute Gasteiger partial charge is 0.0948 e. The van der Waals surface area contributed by atoms with E-state index >= 15 is 0 Å². The van der Waals surface area contributed by atoms with E-state index < -0.39 is 0 Å². The predicted molar refractivity (Wildman–Crippen MR) is 67.9 cm³/mol. The van der Waals surface area contributed by atoms with E-state index in [0.717, 1.165) is 13.0 Å². The molecule has 0 aliphatic rings. The van der Waals surface area contributed by atoms with E-state index in [4.69, 9.17) is 0 Å². The zero-order chi connectivity index (χ0) is 12.3. The van der Waals surface area contributed by atoms with Crippen LogP contribution < -0.4 is 0 Å². The Kier molecular flexibility index (Phi) is 3.61. The van der Waals surface area contributed by atoms with Crippen molar-refractivity contribution in [2.24, 2.45) is 0 Å². The summed E-state index contributed by atoms with van der Waals surface area (Å²) < 4.78 is 2.25. The van der Waals surface area contributed by atoms with Crippen molar-refractivity contribution in [1.29, 1.82) is 0 Å². The Morgan fingerprint density at radius 2 is 2.12 bits per heavy atom. The third-order valence-corrected chi connectivity index (χ3v) is 3.23. The van der Waals surface area contributed by atoms with Crippen molar-refractivity contribution in [1.82, 2.24) is 19.7 Å². The van der Waals surface area contributed by atoms with Crippen LogP contribution in [0.15, 0.2) is 24.9 Å². The molecule has 0 aromatic carbocycles. The fraction of sp³-hybridized carbons (Fsp3) is 0.538. The molecule has 4 nitrogen and oxygen atoms in total. The lowest BCUT2D eigenvalue weighted by atomic mass is 10.0. The van der Waals surface area contributed by atoms with Crippen molar-refractivity contribution in [3.63, 3.8) is 0 Å². The molecule has 0 saturated heterocycles. The van der Waals surface area contributed by atoms with E-state index in [1.165, 1.54) is 11.3 Å². The zero-order valence-electron chi connectivity index (χ0n) is 10.7. The van der Waals surface area contributed by atoms with Gasteiger partial charge in [-0.3, -0.25) is 5.10 Å². The number of aryl methyl sites for hydroxylation is 1. The maximum Gasteiger partial charge on any atom is 0.0948 e. The van der Waals surface area contributed by atoms with E-state index in [1.807, 2.05) is 24.9 Å². The SMILES string of the molecule is CC(C)c1cncn1CCC(C)c1cn[nH]c1. The highest BCUT2D eigenvalue weighted by Gasteiger charge is 2.10.